The molecule has 0 saturated heterocycles. The summed E-state index contributed by atoms with van der Waals surface area (Å²) in [5, 5.41) is 8.65. The second kappa shape index (κ2) is 5.19. The van der Waals surface area contributed by atoms with Crippen LogP contribution in [-0.4, -0.2) is 0 Å². The van der Waals surface area contributed by atoms with Crippen molar-refractivity contribution < 1.29 is 0 Å². The summed E-state index contributed by atoms with van der Waals surface area (Å²) in [6.45, 7) is 2.14. The predicted octanol–water partition coefficient (Wildman–Crippen LogP) is 6.05. The highest BCUT2D eigenvalue weighted by Gasteiger charge is 2.05. The van der Waals surface area contributed by atoms with E-state index in [0.29, 0.717) is 0 Å². The maximum Gasteiger partial charge on any atom is 0.0466 e. The first-order valence-electron chi connectivity index (χ1n) is 7.55. The Bertz CT molecular complexity index is 964. The standard InChI is InChI=1S/C21H17N/c1-15-13-17-8-3-5-11-19(17)21(14-15)22-20-12-6-9-16-7-2-4-10-18(16)20/h2-14,22H,1H3. The van der Waals surface area contributed by atoms with Gasteiger partial charge >= 0.3 is 0 Å². The minimum atomic E-state index is 1.15. The van der Waals surface area contributed by atoms with Gasteiger partial charge in [-0.3, -0.25) is 0 Å². The van der Waals surface area contributed by atoms with E-state index < -0.39 is 0 Å². The Labute approximate surface area is 130 Å². The number of hydrogen-bond acceptors (Lipinski definition) is 1. The minimum Gasteiger partial charge on any atom is -0.355 e. The quantitative estimate of drug-likeness (QED) is 0.472. The van der Waals surface area contributed by atoms with E-state index in [1.54, 1.807) is 0 Å². The van der Waals surface area contributed by atoms with Gasteiger partial charge in [-0.25, -0.2) is 0 Å². The molecule has 0 aliphatic rings. The Morgan fingerprint density at radius 1 is 0.591 bits per heavy atom. The molecular weight excluding hydrogens is 266 g/mol. The number of anilines is 2. The Kier molecular flexibility index (Phi) is 3.05. The summed E-state index contributed by atoms with van der Waals surface area (Å²) in [5.74, 6) is 0. The molecule has 106 valence electrons. The van der Waals surface area contributed by atoms with Gasteiger partial charge in [0.05, 0.1) is 0 Å². The minimum absolute atomic E-state index is 1.15. The van der Waals surface area contributed by atoms with Crippen LogP contribution in [0.25, 0.3) is 21.5 Å². The van der Waals surface area contributed by atoms with Gasteiger partial charge in [-0.2, -0.15) is 0 Å². The van der Waals surface area contributed by atoms with Crippen LogP contribution in [-0.2, 0) is 0 Å². The molecule has 0 unspecified atom stereocenters. The molecular formula is C21H17N. The van der Waals surface area contributed by atoms with Crippen LogP contribution in [0.15, 0.2) is 78.9 Å². The highest BCUT2D eigenvalue weighted by atomic mass is 14.9. The number of nitrogens with one attached hydrogen (secondary N) is 1. The Morgan fingerprint density at radius 3 is 2.05 bits per heavy atom. The average Bonchev–Trinajstić information content (AvgIpc) is 2.55. The zero-order valence-electron chi connectivity index (χ0n) is 12.5. The van der Waals surface area contributed by atoms with Crippen molar-refractivity contribution in [2.75, 3.05) is 5.32 Å². The van der Waals surface area contributed by atoms with Gasteiger partial charge in [-0.05, 0) is 35.4 Å². The van der Waals surface area contributed by atoms with Crippen molar-refractivity contribution in [1.29, 1.82) is 0 Å². The van der Waals surface area contributed by atoms with Crippen molar-refractivity contribution >= 4 is 32.9 Å². The third kappa shape index (κ3) is 2.21. The molecule has 22 heavy (non-hydrogen) atoms. The van der Waals surface area contributed by atoms with Gasteiger partial charge in [0.1, 0.15) is 0 Å². The maximum atomic E-state index is 3.63. The molecule has 0 heterocycles. The van der Waals surface area contributed by atoms with Crippen molar-refractivity contribution in [2.45, 2.75) is 6.92 Å². The second-order valence-corrected chi connectivity index (χ2v) is 5.69. The largest absolute Gasteiger partial charge is 0.355 e. The fourth-order valence-electron chi connectivity index (χ4n) is 3.04. The SMILES string of the molecule is Cc1cc(Nc2cccc3ccccc23)c2ccccc2c1. The van der Waals surface area contributed by atoms with E-state index in [1.807, 2.05) is 0 Å². The van der Waals surface area contributed by atoms with Gasteiger partial charge in [0.15, 0.2) is 0 Å². The van der Waals surface area contributed by atoms with Crippen LogP contribution in [0.5, 0.6) is 0 Å². The zero-order valence-corrected chi connectivity index (χ0v) is 12.5. The molecule has 1 N–H and O–H groups in total. The monoisotopic (exact) mass is 283 g/mol. The Morgan fingerprint density at radius 2 is 1.23 bits per heavy atom. The second-order valence-electron chi connectivity index (χ2n) is 5.69. The first-order chi connectivity index (χ1) is 10.8. The molecule has 4 rings (SSSR count). The lowest BCUT2D eigenvalue weighted by molar-refractivity contribution is 1.49. The summed E-state index contributed by atoms with van der Waals surface area (Å²) in [4.78, 5) is 0. The molecule has 0 fully saturated rings. The fourth-order valence-corrected chi connectivity index (χ4v) is 3.04. The van der Waals surface area contributed by atoms with E-state index in [-0.39, 0.29) is 0 Å². The van der Waals surface area contributed by atoms with Crippen LogP contribution in [0.2, 0.25) is 0 Å². The first-order valence-corrected chi connectivity index (χ1v) is 7.55. The van der Waals surface area contributed by atoms with Gasteiger partial charge in [0, 0.05) is 22.1 Å². The van der Waals surface area contributed by atoms with Gasteiger partial charge < -0.3 is 5.32 Å². The van der Waals surface area contributed by atoms with Crippen molar-refractivity contribution in [3.63, 3.8) is 0 Å². The summed E-state index contributed by atoms with van der Waals surface area (Å²) in [7, 11) is 0. The van der Waals surface area contributed by atoms with Gasteiger partial charge in [0.25, 0.3) is 0 Å². The summed E-state index contributed by atoms with van der Waals surface area (Å²) in [6, 6.07) is 27.8. The van der Waals surface area contributed by atoms with Crippen LogP contribution < -0.4 is 5.32 Å². The van der Waals surface area contributed by atoms with Crippen molar-refractivity contribution in [3.05, 3.63) is 84.4 Å². The van der Waals surface area contributed by atoms with Crippen LogP contribution in [0.3, 0.4) is 0 Å². The summed E-state index contributed by atoms with van der Waals surface area (Å²) in [5.41, 5.74) is 3.57. The van der Waals surface area contributed by atoms with E-state index in [0.717, 1.165) is 11.4 Å². The number of benzene rings is 4. The lowest BCUT2D eigenvalue weighted by atomic mass is 10.0. The number of rotatable bonds is 2. The molecule has 1 nitrogen and oxygen atoms in total. The Hall–Kier alpha value is -2.80. The molecule has 4 aromatic rings. The van der Waals surface area contributed by atoms with Crippen molar-refractivity contribution in [3.8, 4) is 0 Å². The maximum absolute atomic E-state index is 3.63. The first kappa shape index (κ1) is 12.9. The Balaban J connectivity index is 1.90. The molecule has 4 aromatic carbocycles. The van der Waals surface area contributed by atoms with E-state index in [9.17, 15) is 0 Å². The molecule has 0 bridgehead atoms. The average molecular weight is 283 g/mol. The number of hydrogen-bond donors (Lipinski definition) is 1. The normalized spacial score (nSPS) is 11.0. The van der Waals surface area contributed by atoms with Crippen LogP contribution >= 0.6 is 0 Å². The summed E-state index contributed by atoms with van der Waals surface area (Å²) in [6.07, 6.45) is 0. The highest BCUT2D eigenvalue weighted by molar-refractivity contribution is 6.00. The summed E-state index contributed by atoms with van der Waals surface area (Å²) >= 11 is 0. The fraction of sp³-hybridized carbons (Fsp3) is 0.0476. The molecule has 0 aromatic heterocycles. The molecule has 0 aliphatic heterocycles. The molecule has 1 heteroatoms. The lowest BCUT2D eigenvalue weighted by Gasteiger charge is -2.13. The van der Waals surface area contributed by atoms with Gasteiger partial charge in [-0.1, -0.05) is 66.7 Å². The third-order valence-electron chi connectivity index (χ3n) is 4.07. The van der Waals surface area contributed by atoms with Crippen LogP contribution in [0, 0.1) is 6.92 Å². The zero-order chi connectivity index (χ0) is 14.9. The van der Waals surface area contributed by atoms with E-state index in [1.165, 1.54) is 27.1 Å². The molecule has 0 spiro atoms. The molecule has 0 radical (unpaired) electrons. The number of aryl methyl sites for hydroxylation is 1. The molecule has 0 aliphatic carbocycles. The highest BCUT2D eigenvalue weighted by Crippen LogP contribution is 2.31. The van der Waals surface area contributed by atoms with E-state index >= 15 is 0 Å². The molecule has 0 saturated carbocycles. The number of fused-ring (bicyclic) bond motifs is 2. The molecule has 0 atom stereocenters. The smallest absolute Gasteiger partial charge is 0.0466 e. The van der Waals surface area contributed by atoms with Crippen LogP contribution in [0.4, 0.5) is 11.4 Å². The topological polar surface area (TPSA) is 12.0 Å². The van der Waals surface area contributed by atoms with Crippen molar-refractivity contribution in [2.24, 2.45) is 0 Å². The van der Waals surface area contributed by atoms with E-state index in [4.69, 9.17) is 0 Å². The predicted molar refractivity (Wildman–Crippen MR) is 95.9 cm³/mol. The summed E-state index contributed by atoms with van der Waals surface area (Å²) < 4.78 is 0. The van der Waals surface area contributed by atoms with Crippen molar-refractivity contribution in [1.82, 2.24) is 0 Å². The third-order valence-corrected chi connectivity index (χ3v) is 4.07. The molecule has 0 amide bonds. The van der Waals surface area contributed by atoms with Crippen LogP contribution in [0.1, 0.15) is 5.56 Å². The van der Waals surface area contributed by atoms with Gasteiger partial charge in [-0.15, -0.1) is 0 Å². The van der Waals surface area contributed by atoms with Gasteiger partial charge in [0.2, 0.25) is 0 Å². The van der Waals surface area contributed by atoms with E-state index in [2.05, 4.69) is 91.1 Å². The lowest BCUT2D eigenvalue weighted by Crippen LogP contribution is -1.93.